The van der Waals surface area contributed by atoms with E-state index >= 15 is 0 Å². The van der Waals surface area contributed by atoms with Crippen LogP contribution in [0.3, 0.4) is 0 Å². The van der Waals surface area contributed by atoms with E-state index in [1.807, 2.05) is 24.3 Å². The Morgan fingerprint density at radius 2 is 1.65 bits per heavy atom. The molecular formula is C33H33N5O2. The summed E-state index contributed by atoms with van der Waals surface area (Å²) in [6, 6.07) is 29.6. The van der Waals surface area contributed by atoms with E-state index in [0.717, 1.165) is 49.3 Å². The summed E-state index contributed by atoms with van der Waals surface area (Å²) in [5.74, 6) is 2.40. The summed E-state index contributed by atoms with van der Waals surface area (Å²) < 4.78 is 14.5. The van der Waals surface area contributed by atoms with Crippen molar-refractivity contribution in [2.24, 2.45) is 0 Å². The number of hydrogen-bond donors (Lipinski definition) is 1. The Morgan fingerprint density at radius 1 is 0.825 bits per heavy atom. The van der Waals surface area contributed by atoms with Crippen LogP contribution in [0.15, 0.2) is 91.1 Å². The summed E-state index contributed by atoms with van der Waals surface area (Å²) in [6.45, 7) is 4.38. The van der Waals surface area contributed by atoms with E-state index in [1.165, 1.54) is 32.8 Å². The Morgan fingerprint density at radius 3 is 2.45 bits per heavy atom. The Labute approximate surface area is 233 Å². The number of ether oxygens (including phenoxy) is 2. The van der Waals surface area contributed by atoms with Gasteiger partial charge < -0.3 is 14.0 Å². The first-order chi connectivity index (χ1) is 19.8. The molecule has 0 aliphatic heterocycles. The first-order valence-corrected chi connectivity index (χ1v) is 14.0. The molecular weight excluding hydrogens is 498 g/mol. The van der Waals surface area contributed by atoms with Crippen LogP contribution in [0, 0.1) is 0 Å². The van der Waals surface area contributed by atoms with Gasteiger partial charge in [-0.1, -0.05) is 49.7 Å². The number of nitrogens with one attached hydrogen (secondary N) is 1. The molecule has 0 aliphatic rings. The van der Waals surface area contributed by atoms with Crippen molar-refractivity contribution in [1.29, 1.82) is 0 Å². The van der Waals surface area contributed by atoms with Crippen LogP contribution in [-0.4, -0.2) is 38.4 Å². The van der Waals surface area contributed by atoms with Crippen molar-refractivity contribution in [2.45, 2.75) is 39.2 Å². The van der Waals surface area contributed by atoms with Gasteiger partial charge in [0.15, 0.2) is 0 Å². The molecule has 0 fully saturated rings. The fourth-order valence-corrected chi connectivity index (χ4v) is 5.19. The summed E-state index contributed by atoms with van der Waals surface area (Å²) in [6.07, 6.45) is 6.11. The molecule has 0 radical (unpaired) electrons. The zero-order valence-corrected chi connectivity index (χ0v) is 22.7. The fourth-order valence-electron chi connectivity index (χ4n) is 5.19. The third-order valence-electron chi connectivity index (χ3n) is 7.21. The van der Waals surface area contributed by atoms with Gasteiger partial charge in [0.1, 0.15) is 11.5 Å². The van der Waals surface area contributed by atoms with Crippen LogP contribution in [0.5, 0.6) is 11.5 Å². The lowest BCUT2D eigenvalue weighted by atomic mass is 10.0. The summed E-state index contributed by atoms with van der Waals surface area (Å²) >= 11 is 0. The minimum atomic E-state index is 0.575. The van der Waals surface area contributed by atoms with Crippen LogP contribution >= 0.6 is 0 Å². The van der Waals surface area contributed by atoms with Crippen LogP contribution in [0.1, 0.15) is 37.3 Å². The molecule has 7 nitrogen and oxygen atoms in total. The van der Waals surface area contributed by atoms with Gasteiger partial charge in [-0.05, 0) is 89.3 Å². The van der Waals surface area contributed by atoms with Crippen molar-refractivity contribution in [3.8, 4) is 22.9 Å². The van der Waals surface area contributed by atoms with Gasteiger partial charge in [0.05, 0.1) is 13.2 Å². The number of aryl methyl sites for hydroxylation is 1. The lowest BCUT2D eigenvalue weighted by Crippen LogP contribution is -2.04. The third kappa shape index (κ3) is 5.69. The summed E-state index contributed by atoms with van der Waals surface area (Å²) in [5, 5.41) is 17.9. The normalized spacial score (nSPS) is 11.3. The number of nitrogens with zero attached hydrogens (tertiary/aromatic N) is 4. The molecule has 0 unspecified atom stereocenters. The lowest BCUT2D eigenvalue weighted by molar-refractivity contribution is 0.265. The van der Waals surface area contributed by atoms with Gasteiger partial charge in [-0.2, -0.15) is 5.21 Å². The number of hydrogen-bond acceptors (Lipinski definition) is 5. The van der Waals surface area contributed by atoms with Gasteiger partial charge >= 0.3 is 0 Å². The summed E-state index contributed by atoms with van der Waals surface area (Å²) in [7, 11) is 0. The van der Waals surface area contributed by atoms with Gasteiger partial charge in [0.25, 0.3) is 0 Å². The van der Waals surface area contributed by atoms with Crippen molar-refractivity contribution < 1.29 is 9.47 Å². The topological polar surface area (TPSA) is 77.8 Å². The number of tetrazole rings is 1. The predicted molar refractivity (Wildman–Crippen MR) is 159 cm³/mol. The Hall–Kier alpha value is -4.65. The number of aromatic amines is 1. The molecule has 0 saturated carbocycles. The van der Waals surface area contributed by atoms with Crippen molar-refractivity contribution in [3.63, 3.8) is 0 Å². The highest BCUT2D eigenvalue weighted by Crippen LogP contribution is 2.31. The van der Waals surface area contributed by atoms with Gasteiger partial charge in [-0.25, -0.2) is 0 Å². The highest BCUT2D eigenvalue weighted by molar-refractivity contribution is 5.86. The fraction of sp³-hybridized carbons (Fsp3) is 0.242. The number of rotatable bonds is 12. The average molecular weight is 532 g/mol. The highest BCUT2D eigenvalue weighted by atomic mass is 16.5. The zero-order valence-electron chi connectivity index (χ0n) is 22.7. The number of unbranched alkanes of at least 4 members (excludes halogenated alkanes) is 1. The van der Waals surface area contributed by atoms with Crippen LogP contribution in [-0.2, 0) is 13.0 Å². The highest BCUT2D eigenvalue weighted by Gasteiger charge is 2.12. The van der Waals surface area contributed by atoms with Crippen molar-refractivity contribution in [2.75, 3.05) is 13.2 Å². The smallest absolute Gasteiger partial charge is 0.204 e. The van der Waals surface area contributed by atoms with E-state index in [4.69, 9.17) is 9.47 Å². The molecule has 4 aromatic carbocycles. The quantitative estimate of drug-likeness (QED) is 0.169. The van der Waals surface area contributed by atoms with Crippen LogP contribution in [0.2, 0.25) is 0 Å². The molecule has 2 heterocycles. The zero-order chi connectivity index (χ0) is 27.1. The molecule has 2 aromatic heterocycles. The average Bonchev–Trinajstić information content (AvgIpc) is 3.67. The lowest BCUT2D eigenvalue weighted by Gasteiger charge is -2.14. The Balaban J connectivity index is 1.05. The van der Waals surface area contributed by atoms with Gasteiger partial charge in [0.2, 0.25) is 5.82 Å². The van der Waals surface area contributed by atoms with Gasteiger partial charge in [0, 0.05) is 34.8 Å². The van der Waals surface area contributed by atoms with E-state index in [2.05, 4.69) is 99.0 Å². The second-order valence-electron chi connectivity index (χ2n) is 10.0. The molecule has 40 heavy (non-hydrogen) atoms. The number of fused-ring (bicyclic) bond motifs is 2. The molecule has 0 saturated heterocycles. The van der Waals surface area contributed by atoms with Gasteiger partial charge in [-0.3, -0.25) is 0 Å². The number of benzene rings is 4. The number of aromatic nitrogens is 5. The summed E-state index contributed by atoms with van der Waals surface area (Å²) in [4.78, 5) is 0. The molecule has 0 spiro atoms. The molecule has 0 aliphatic carbocycles. The van der Waals surface area contributed by atoms with Crippen molar-refractivity contribution in [1.82, 2.24) is 25.2 Å². The standard InChI is InChI=1S/C33H33N5O2/c1-2-7-30-29-18-19-38(23-24-10-11-25-8-3-4-9-27(25)22-24)31(29)16-17-32(30)40-21-6-5-20-39-28-14-12-26(13-15-28)33-34-36-37-35-33/h3-4,8-19,22H,2,5-7,20-21,23H2,1H3,(H,34,35,36,37). The molecule has 202 valence electrons. The molecule has 7 heteroatoms. The second kappa shape index (κ2) is 12.0. The second-order valence-corrected chi connectivity index (χ2v) is 10.0. The SMILES string of the molecule is CCCc1c(OCCCCOc2ccc(-c3nn[nH]n3)cc2)ccc2c1ccn2Cc1ccc2ccccc2c1. The van der Waals surface area contributed by atoms with Crippen LogP contribution in [0.25, 0.3) is 33.1 Å². The maximum absolute atomic E-state index is 6.30. The minimum absolute atomic E-state index is 0.575. The molecule has 0 atom stereocenters. The molecule has 0 amide bonds. The summed E-state index contributed by atoms with van der Waals surface area (Å²) in [5.41, 5.74) is 4.76. The minimum Gasteiger partial charge on any atom is -0.494 e. The van der Waals surface area contributed by atoms with E-state index < -0.39 is 0 Å². The maximum atomic E-state index is 6.30. The predicted octanol–water partition coefficient (Wildman–Crippen LogP) is 7.21. The van der Waals surface area contributed by atoms with E-state index in [0.29, 0.717) is 19.0 Å². The monoisotopic (exact) mass is 531 g/mol. The van der Waals surface area contributed by atoms with E-state index in [-0.39, 0.29) is 0 Å². The molecule has 6 aromatic rings. The Kier molecular flexibility index (Phi) is 7.71. The van der Waals surface area contributed by atoms with Crippen LogP contribution < -0.4 is 9.47 Å². The van der Waals surface area contributed by atoms with E-state index in [1.54, 1.807) is 0 Å². The first kappa shape index (κ1) is 25.6. The molecule has 0 bridgehead atoms. The van der Waals surface area contributed by atoms with Gasteiger partial charge in [-0.15, -0.1) is 10.2 Å². The molecule has 6 rings (SSSR count). The van der Waals surface area contributed by atoms with E-state index in [9.17, 15) is 0 Å². The van der Waals surface area contributed by atoms with Crippen LogP contribution in [0.4, 0.5) is 0 Å². The number of H-pyrrole nitrogens is 1. The van der Waals surface area contributed by atoms with Crippen molar-refractivity contribution in [3.05, 3.63) is 102 Å². The van der Waals surface area contributed by atoms with Crippen molar-refractivity contribution >= 4 is 21.7 Å². The molecule has 1 N–H and O–H groups in total. The Bertz CT molecular complexity index is 1690. The maximum Gasteiger partial charge on any atom is 0.204 e. The third-order valence-corrected chi connectivity index (χ3v) is 7.21. The largest absolute Gasteiger partial charge is 0.494 e. The first-order valence-electron chi connectivity index (χ1n) is 14.0.